The molecule has 1 aromatic carbocycles. The van der Waals surface area contributed by atoms with E-state index in [1.165, 1.54) is 6.08 Å². The van der Waals surface area contributed by atoms with Crippen molar-refractivity contribution in [1.82, 2.24) is 5.32 Å². The normalized spacial score (nSPS) is 17.9. The second-order valence-electron chi connectivity index (χ2n) is 5.40. The fourth-order valence-corrected chi connectivity index (χ4v) is 3.57. The summed E-state index contributed by atoms with van der Waals surface area (Å²) in [6.07, 6.45) is 4.66. The Bertz CT molecular complexity index is 539. The van der Waals surface area contributed by atoms with E-state index >= 15 is 0 Å². The molecule has 0 saturated carbocycles. The number of carbonyl (C=O) groups is 1. The van der Waals surface area contributed by atoms with Crippen LogP contribution in [0.2, 0.25) is 5.02 Å². The van der Waals surface area contributed by atoms with Gasteiger partial charge in [0.2, 0.25) is 5.91 Å². The molecule has 0 radical (unpaired) electrons. The highest BCUT2D eigenvalue weighted by Crippen LogP contribution is 2.26. The third kappa shape index (κ3) is 5.06. The van der Waals surface area contributed by atoms with E-state index in [0.717, 1.165) is 35.5 Å². The zero-order valence-electron chi connectivity index (χ0n) is 12.1. The maximum atomic E-state index is 11.8. The quantitative estimate of drug-likeness (QED) is 0.837. The molecule has 0 aliphatic carbocycles. The summed E-state index contributed by atoms with van der Waals surface area (Å²) in [6.45, 7) is 2.25. The number of nitrogens with one attached hydrogen (secondary N) is 1. The Morgan fingerprint density at radius 3 is 2.86 bits per heavy atom. The van der Waals surface area contributed by atoms with Crippen LogP contribution in [0.3, 0.4) is 0 Å². The second-order valence-corrected chi connectivity index (χ2v) is 7.03. The first kappa shape index (κ1) is 16.4. The molecule has 3 nitrogen and oxygen atoms in total. The van der Waals surface area contributed by atoms with E-state index in [4.69, 9.17) is 11.6 Å². The number of aliphatic hydroxyl groups is 1. The second kappa shape index (κ2) is 7.34. The molecule has 0 bridgehead atoms. The van der Waals surface area contributed by atoms with Gasteiger partial charge in [-0.25, -0.2) is 0 Å². The summed E-state index contributed by atoms with van der Waals surface area (Å²) in [5.41, 5.74) is 1.14. The minimum atomic E-state index is -0.748. The van der Waals surface area contributed by atoms with Gasteiger partial charge in [0.1, 0.15) is 0 Å². The maximum absolute atomic E-state index is 11.8. The van der Waals surface area contributed by atoms with Crippen LogP contribution in [0.1, 0.15) is 24.0 Å². The van der Waals surface area contributed by atoms with Crippen LogP contribution in [0, 0.1) is 6.92 Å². The summed E-state index contributed by atoms with van der Waals surface area (Å²) in [6, 6.07) is 5.66. The first-order chi connectivity index (χ1) is 9.98. The molecule has 2 N–H and O–H groups in total. The number of rotatable bonds is 4. The first-order valence-corrected chi connectivity index (χ1v) is 8.54. The highest BCUT2D eigenvalue weighted by atomic mass is 35.5. The molecule has 5 heteroatoms. The van der Waals surface area contributed by atoms with Gasteiger partial charge in [-0.1, -0.05) is 23.7 Å². The molecule has 0 spiro atoms. The van der Waals surface area contributed by atoms with E-state index < -0.39 is 5.60 Å². The SMILES string of the molecule is Cc1ccc(C=CC(=O)NCC2(O)CCSCC2)cc1Cl. The molecule has 0 atom stereocenters. The molecule has 2 rings (SSSR count). The summed E-state index contributed by atoms with van der Waals surface area (Å²) >= 11 is 7.88. The van der Waals surface area contributed by atoms with Crippen molar-refractivity contribution >= 4 is 35.3 Å². The number of carbonyl (C=O) groups excluding carboxylic acids is 1. The zero-order chi connectivity index (χ0) is 15.3. The smallest absolute Gasteiger partial charge is 0.244 e. The largest absolute Gasteiger partial charge is 0.388 e. The molecule has 1 aliphatic heterocycles. The predicted octanol–water partition coefficient (Wildman–Crippen LogP) is 3.04. The Morgan fingerprint density at radius 2 is 2.19 bits per heavy atom. The van der Waals surface area contributed by atoms with E-state index in [9.17, 15) is 9.90 Å². The summed E-state index contributed by atoms with van der Waals surface area (Å²) in [5.74, 6) is 1.70. The Kier molecular flexibility index (Phi) is 5.73. The van der Waals surface area contributed by atoms with Crippen LogP contribution in [0.4, 0.5) is 0 Å². The molecular formula is C16H20ClNO2S. The Labute approximate surface area is 134 Å². The molecule has 21 heavy (non-hydrogen) atoms. The van der Waals surface area contributed by atoms with Gasteiger partial charge >= 0.3 is 0 Å². The van der Waals surface area contributed by atoms with Gasteiger partial charge in [-0.05, 0) is 54.5 Å². The van der Waals surface area contributed by atoms with Gasteiger partial charge in [-0.3, -0.25) is 4.79 Å². The van der Waals surface area contributed by atoms with E-state index in [-0.39, 0.29) is 5.91 Å². The molecule has 1 amide bonds. The van der Waals surface area contributed by atoms with Gasteiger partial charge in [-0.15, -0.1) is 0 Å². The van der Waals surface area contributed by atoms with Crippen LogP contribution >= 0.6 is 23.4 Å². The fraction of sp³-hybridized carbons (Fsp3) is 0.438. The van der Waals surface area contributed by atoms with Crippen molar-refractivity contribution in [3.8, 4) is 0 Å². The summed E-state index contributed by atoms with van der Waals surface area (Å²) in [5, 5.41) is 13.8. The summed E-state index contributed by atoms with van der Waals surface area (Å²) < 4.78 is 0. The molecule has 1 saturated heterocycles. The monoisotopic (exact) mass is 325 g/mol. The average molecular weight is 326 g/mol. The van der Waals surface area contributed by atoms with Crippen LogP contribution in [0.25, 0.3) is 6.08 Å². The first-order valence-electron chi connectivity index (χ1n) is 7.01. The third-order valence-corrected chi connectivity index (χ3v) is 5.03. The Balaban J connectivity index is 1.86. The number of aryl methyl sites for hydroxylation is 1. The molecule has 114 valence electrons. The van der Waals surface area contributed by atoms with E-state index in [0.29, 0.717) is 11.6 Å². The van der Waals surface area contributed by atoms with Crippen molar-refractivity contribution in [3.63, 3.8) is 0 Å². The van der Waals surface area contributed by atoms with Crippen molar-refractivity contribution in [1.29, 1.82) is 0 Å². The molecule has 0 unspecified atom stereocenters. The fourth-order valence-electron chi connectivity index (χ4n) is 2.12. The number of hydrogen-bond acceptors (Lipinski definition) is 3. The van der Waals surface area contributed by atoms with Crippen LogP contribution in [-0.4, -0.2) is 34.7 Å². The van der Waals surface area contributed by atoms with Crippen molar-refractivity contribution in [2.24, 2.45) is 0 Å². The van der Waals surface area contributed by atoms with Crippen molar-refractivity contribution < 1.29 is 9.90 Å². The lowest BCUT2D eigenvalue weighted by Crippen LogP contribution is -2.44. The highest BCUT2D eigenvalue weighted by molar-refractivity contribution is 7.99. The predicted molar refractivity (Wildman–Crippen MR) is 89.7 cm³/mol. The lowest BCUT2D eigenvalue weighted by molar-refractivity contribution is -0.117. The van der Waals surface area contributed by atoms with Crippen LogP contribution in [0.15, 0.2) is 24.3 Å². The topological polar surface area (TPSA) is 49.3 Å². The van der Waals surface area contributed by atoms with Gasteiger partial charge in [0, 0.05) is 17.6 Å². The van der Waals surface area contributed by atoms with Gasteiger partial charge in [0.15, 0.2) is 0 Å². The van der Waals surface area contributed by atoms with Crippen molar-refractivity contribution in [3.05, 3.63) is 40.4 Å². The maximum Gasteiger partial charge on any atom is 0.244 e. The van der Waals surface area contributed by atoms with E-state index in [1.54, 1.807) is 6.08 Å². The summed E-state index contributed by atoms with van der Waals surface area (Å²) in [4.78, 5) is 11.8. The Morgan fingerprint density at radius 1 is 1.48 bits per heavy atom. The third-order valence-electron chi connectivity index (χ3n) is 3.64. The molecule has 1 fully saturated rings. The number of halogens is 1. The number of thioether (sulfide) groups is 1. The molecule has 1 aromatic rings. The van der Waals surface area contributed by atoms with Gasteiger partial charge < -0.3 is 10.4 Å². The van der Waals surface area contributed by atoms with Crippen LogP contribution < -0.4 is 5.32 Å². The van der Waals surface area contributed by atoms with E-state index in [2.05, 4.69) is 5.32 Å². The number of amides is 1. The zero-order valence-corrected chi connectivity index (χ0v) is 13.6. The van der Waals surface area contributed by atoms with Crippen molar-refractivity contribution in [2.45, 2.75) is 25.4 Å². The van der Waals surface area contributed by atoms with Gasteiger partial charge in [0.25, 0.3) is 0 Å². The highest BCUT2D eigenvalue weighted by Gasteiger charge is 2.29. The van der Waals surface area contributed by atoms with Gasteiger partial charge in [-0.2, -0.15) is 11.8 Å². The molecule has 1 heterocycles. The number of benzene rings is 1. The van der Waals surface area contributed by atoms with Crippen LogP contribution in [0.5, 0.6) is 0 Å². The van der Waals surface area contributed by atoms with E-state index in [1.807, 2.05) is 36.9 Å². The van der Waals surface area contributed by atoms with Crippen molar-refractivity contribution in [2.75, 3.05) is 18.1 Å². The standard InChI is InChI=1S/C16H20ClNO2S/c1-12-2-3-13(10-14(12)17)4-5-15(19)18-11-16(20)6-8-21-9-7-16/h2-5,10,20H,6-9,11H2,1H3,(H,18,19). The number of hydrogen-bond donors (Lipinski definition) is 2. The lowest BCUT2D eigenvalue weighted by atomic mass is 9.97. The minimum absolute atomic E-state index is 0.196. The average Bonchev–Trinajstić information content (AvgIpc) is 2.47. The van der Waals surface area contributed by atoms with Crippen LogP contribution in [-0.2, 0) is 4.79 Å². The summed E-state index contributed by atoms with van der Waals surface area (Å²) in [7, 11) is 0. The molecule has 0 aromatic heterocycles. The van der Waals surface area contributed by atoms with Gasteiger partial charge in [0.05, 0.1) is 5.60 Å². The minimum Gasteiger partial charge on any atom is -0.388 e. The lowest BCUT2D eigenvalue weighted by Gasteiger charge is -2.31. The molecular weight excluding hydrogens is 306 g/mol. The Hall–Kier alpha value is -0.970. The molecule has 1 aliphatic rings.